The zero-order valence-electron chi connectivity index (χ0n) is 16.8. The quantitative estimate of drug-likeness (QED) is 0.496. The van der Waals surface area contributed by atoms with Crippen molar-refractivity contribution in [2.24, 2.45) is 0 Å². The Morgan fingerprint density at radius 1 is 1.07 bits per heavy atom. The average Bonchev–Trinajstić information content (AvgIpc) is 2.73. The van der Waals surface area contributed by atoms with Crippen LogP contribution in [0, 0.1) is 11.8 Å². The number of alkyl halides is 2. The number of hydrogen-bond donors (Lipinski definition) is 2. The highest BCUT2D eigenvalue weighted by atomic mass is 19.3. The lowest BCUT2D eigenvalue weighted by molar-refractivity contribution is -0.141. The van der Waals surface area contributed by atoms with Gasteiger partial charge in [-0.15, -0.1) is 0 Å². The van der Waals surface area contributed by atoms with E-state index in [9.17, 15) is 18.7 Å². The Kier molecular flexibility index (Phi) is 8.50. The Balaban J connectivity index is 1.87. The van der Waals surface area contributed by atoms with Crippen LogP contribution in [0.1, 0.15) is 43.4 Å². The molecule has 0 spiro atoms. The lowest BCUT2D eigenvalue weighted by Crippen LogP contribution is -2.57. The monoisotopic (exact) mass is 399 g/mol. The van der Waals surface area contributed by atoms with Crippen LogP contribution in [0.5, 0.6) is 0 Å². The van der Waals surface area contributed by atoms with E-state index in [0.717, 1.165) is 30.0 Å². The molecule has 29 heavy (non-hydrogen) atoms. The van der Waals surface area contributed by atoms with Crippen LogP contribution in [0.4, 0.5) is 8.78 Å². The van der Waals surface area contributed by atoms with Gasteiger partial charge in [0, 0.05) is 17.5 Å². The molecule has 0 bridgehead atoms. The van der Waals surface area contributed by atoms with E-state index in [2.05, 4.69) is 17.2 Å². The number of rotatable bonds is 9. The van der Waals surface area contributed by atoms with Crippen molar-refractivity contribution in [2.75, 3.05) is 6.54 Å². The number of aliphatic hydroxyl groups is 1. The smallest absolute Gasteiger partial charge is 0.268 e. The first kappa shape index (κ1) is 22.7. The second kappa shape index (κ2) is 10.8. The van der Waals surface area contributed by atoms with Gasteiger partial charge in [-0.1, -0.05) is 49.1 Å². The molecular formula is C24H27F2NO2. The minimum absolute atomic E-state index is 0.0893. The largest absolute Gasteiger partial charge is 0.382 e. The molecule has 5 heteroatoms. The zero-order chi connectivity index (χ0) is 21.3. The molecule has 2 N–H and O–H groups in total. The molecule has 0 radical (unpaired) electrons. The van der Waals surface area contributed by atoms with Gasteiger partial charge in [-0.3, -0.25) is 4.79 Å². The van der Waals surface area contributed by atoms with Crippen LogP contribution < -0.4 is 5.32 Å². The second-order valence-electron chi connectivity index (χ2n) is 7.15. The lowest BCUT2D eigenvalue weighted by atomic mass is 9.92. The number of carbonyl (C=O) groups is 1. The van der Waals surface area contributed by atoms with Crippen molar-refractivity contribution in [3.05, 3.63) is 71.3 Å². The normalized spacial score (nSPS) is 14.0. The summed E-state index contributed by atoms with van der Waals surface area (Å²) in [7, 11) is 0. The molecule has 2 aromatic rings. The number of hydrogen-bond acceptors (Lipinski definition) is 3. The summed E-state index contributed by atoms with van der Waals surface area (Å²) in [6, 6.07) is 16.3. The number of aryl methyl sites for hydroxylation is 1. The van der Waals surface area contributed by atoms with E-state index < -0.39 is 23.9 Å². The molecule has 0 aromatic heterocycles. The molecule has 0 unspecified atom stereocenters. The lowest BCUT2D eigenvalue weighted by Gasteiger charge is -2.31. The fourth-order valence-corrected chi connectivity index (χ4v) is 2.94. The molecule has 0 heterocycles. The van der Waals surface area contributed by atoms with Crippen molar-refractivity contribution >= 4 is 5.78 Å². The molecule has 3 nitrogen and oxygen atoms in total. The van der Waals surface area contributed by atoms with Crippen molar-refractivity contribution in [3.63, 3.8) is 0 Å². The predicted molar refractivity (Wildman–Crippen MR) is 111 cm³/mol. The molecule has 0 aliphatic carbocycles. The molecule has 154 valence electrons. The first-order valence-corrected chi connectivity index (χ1v) is 9.77. The van der Waals surface area contributed by atoms with E-state index in [0.29, 0.717) is 13.0 Å². The van der Waals surface area contributed by atoms with Gasteiger partial charge >= 0.3 is 0 Å². The average molecular weight is 399 g/mol. The Morgan fingerprint density at radius 2 is 1.66 bits per heavy atom. The highest BCUT2D eigenvalue weighted by Crippen LogP contribution is 2.21. The molecule has 2 rings (SSSR count). The summed E-state index contributed by atoms with van der Waals surface area (Å²) in [6.45, 7) is 2.95. The number of carbonyl (C=O) groups excluding carboxylic acids is 1. The number of Topliss-reactive ketones (excluding diaryl/α,β-unsaturated/α-hetero) is 1. The minimum Gasteiger partial charge on any atom is -0.382 e. The van der Waals surface area contributed by atoms with Crippen LogP contribution in [0.25, 0.3) is 0 Å². The van der Waals surface area contributed by atoms with E-state index >= 15 is 0 Å². The molecule has 0 amide bonds. The van der Waals surface area contributed by atoms with Crippen LogP contribution in [-0.2, 0) is 11.2 Å². The van der Waals surface area contributed by atoms with Gasteiger partial charge in [0.1, 0.15) is 11.6 Å². The number of ketones is 1. The topological polar surface area (TPSA) is 49.3 Å². The maximum atomic E-state index is 13.1. The van der Waals surface area contributed by atoms with Gasteiger partial charge in [-0.2, -0.15) is 0 Å². The maximum absolute atomic E-state index is 13.1. The number of halogens is 2. The van der Waals surface area contributed by atoms with E-state index in [1.165, 1.54) is 0 Å². The fraction of sp³-hybridized carbons (Fsp3) is 0.375. The Labute approximate surface area is 171 Å². The fourth-order valence-electron chi connectivity index (χ4n) is 2.94. The molecule has 2 aromatic carbocycles. The molecule has 0 saturated carbocycles. The van der Waals surface area contributed by atoms with Gasteiger partial charge < -0.3 is 10.4 Å². The van der Waals surface area contributed by atoms with Crippen LogP contribution >= 0.6 is 0 Å². The first-order chi connectivity index (χ1) is 13.8. The van der Waals surface area contributed by atoms with Crippen LogP contribution in [-0.4, -0.2) is 35.5 Å². The van der Waals surface area contributed by atoms with Crippen molar-refractivity contribution in [3.8, 4) is 11.8 Å². The highest BCUT2D eigenvalue weighted by Gasteiger charge is 2.43. The molecule has 0 aliphatic heterocycles. The first-order valence-electron chi connectivity index (χ1n) is 9.77. The van der Waals surface area contributed by atoms with Crippen molar-refractivity contribution < 1.29 is 18.7 Å². The zero-order valence-corrected chi connectivity index (χ0v) is 16.8. The summed E-state index contributed by atoms with van der Waals surface area (Å²) in [5.41, 5.74) is 0.582. The van der Waals surface area contributed by atoms with Crippen LogP contribution in [0.15, 0.2) is 54.6 Å². The second-order valence-corrected chi connectivity index (χ2v) is 7.15. The molecule has 0 saturated heterocycles. The summed E-state index contributed by atoms with van der Waals surface area (Å²) in [5.74, 6) is 5.81. The third kappa shape index (κ3) is 6.77. The molecule has 0 aliphatic rings. The SMILES string of the molecule is CCC(=O)[C@@H](NCCCc1ccc(C#Cc2ccccc2)cc1)[C@](C)(O)C(F)F. The van der Waals surface area contributed by atoms with Crippen molar-refractivity contribution in [1.82, 2.24) is 5.32 Å². The molecule has 0 fully saturated rings. The predicted octanol–water partition coefficient (Wildman–Crippen LogP) is 3.97. The van der Waals surface area contributed by atoms with E-state index in [4.69, 9.17) is 0 Å². The third-order valence-corrected chi connectivity index (χ3v) is 4.77. The Bertz CT molecular complexity index is 837. The highest BCUT2D eigenvalue weighted by molar-refractivity contribution is 5.85. The summed E-state index contributed by atoms with van der Waals surface area (Å²) in [4.78, 5) is 12.0. The van der Waals surface area contributed by atoms with Gasteiger partial charge in [0.15, 0.2) is 5.78 Å². The summed E-state index contributed by atoms with van der Waals surface area (Å²) in [6.07, 6.45) is -1.53. The van der Waals surface area contributed by atoms with Crippen LogP contribution in [0.2, 0.25) is 0 Å². The Hall–Kier alpha value is -2.55. The third-order valence-electron chi connectivity index (χ3n) is 4.77. The summed E-state index contributed by atoms with van der Waals surface area (Å²) >= 11 is 0. The van der Waals surface area contributed by atoms with E-state index in [1.54, 1.807) is 6.92 Å². The van der Waals surface area contributed by atoms with E-state index in [1.807, 2.05) is 54.6 Å². The number of nitrogens with one attached hydrogen (secondary N) is 1. The minimum atomic E-state index is -3.00. The van der Waals surface area contributed by atoms with Gasteiger partial charge in [0.2, 0.25) is 0 Å². The molecule has 2 atom stereocenters. The maximum Gasteiger partial charge on any atom is 0.268 e. The molecular weight excluding hydrogens is 372 g/mol. The van der Waals surface area contributed by atoms with Gasteiger partial charge in [-0.05, 0) is 56.1 Å². The standard InChI is InChI=1S/C24H27F2NO2/c1-3-21(28)22(24(2,29)23(25)26)27-17-7-10-19-12-15-20(16-13-19)14-11-18-8-5-4-6-9-18/h4-6,8-9,12-13,15-16,22-23,27,29H,3,7,10,17H2,1-2H3/t22-,24+/m1/s1. The number of benzene rings is 2. The van der Waals surface area contributed by atoms with Crippen LogP contribution in [0.3, 0.4) is 0 Å². The van der Waals surface area contributed by atoms with Gasteiger partial charge in [0.05, 0.1) is 0 Å². The Morgan fingerprint density at radius 3 is 2.21 bits per heavy atom. The summed E-state index contributed by atoms with van der Waals surface area (Å²) in [5, 5.41) is 12.8. The summed E-state index contributed by atoms with van der Waals surface area (Å²) < 4.78 is 26.2. The van der Waals surface area contributed by atoms with Gasteiger partial charge in [0.25, 0.3) is 6.43 Å². The van der Waals surface area contributed by atoms with E-state index in [-0.39, 0.29) is 6.42 Å². The van der Waals surface area contributed by atoms with Crippen molar-refractivity contribution in [1.29, 1.82) is 0 Å². The van der Waals surface area contributed by atoms with Crippen molar-refractivity contribution in [2.45, 2.75) is 51.2 Å². The van der Waals surface area contributed by atoms with Gasteiger partial charge in [-0.25, -0.2) is 8.78 Å².